The highest BCUT2D eigenvalue weighted by Gasteiger charge is 2.20. The number of para-hydroxylation sites is 2. The second kappa shape index (κ2) is 12.3. The summed E-state index contributed by atoms with van der Waals surface area (Å²) >= 11 is 1.84. The van der Waals surface area contributed by atoms with Crippen LogP contribution in [0.5, 0.6) is 0 Å². The highest BCUT2D eigenvalue weighted by molar-refractivity contribution is 7.25. The molecule has 8 aromatic carbocycles. The van der Waals surface area contributed by atoms with Crippen LogP contribution in [0.4, 0.5) is 17.1 Å². The number of rotatable bonds is 6. The standard InChI is InChI=1S/C49H30N2O2S/c1-2-11-31(12-3-1)33-13-8-14-35(29-33)51(36-27-28-46-41(30-36)38-15-5-7-22-45(38)54-46)34-25-23-32(24-26-34)37-17-9-19-42-48(37)53-49(50-42)40-18-10-21-44-47(40)39-16-4-6-20-43(39)52-44/h1-30H. The Kier molecular flexibility index (Phi) is 7.00. The molecular weight excluding hydrogens is 681 g/mol. The summed E-state index contributed by atoms with van der Waals surface area (Å²) in [5.41, 5.74) is 11.8. The summed E-state index contributed by atoms with van der Waals surface area (Å²) in [5, 5.41) is 4.60. The molecule has 0 radical (unpaired) electrons. The number of benzene rings is 8. The fourth-order valence-electron chi connectivity index (χ4n) is 7.79. The van der Waals surface area contributed by atoms with Gasteiger partial charge in [0, 0.05) is 59.1 Å². The fourth-order valence-corrected chi connectivity index (χ4v) is 8.88. The van der Waals surface area contributed by atoms with Crippen molar-refractivity contribution in [3.05, 3.63) is 182 Å². The molecule has 11 aromatic rings. The van der Waals surface area contributed by atoms with Crippen LogP contribution in [0.3, 0.4) is 0 Å². The van der Waals surface area contributed by atoms with Crippen LogP contribution in [0.2, 0.25) is 0 Å². The van der Waals surface area contributed by atoms with Gasteiger partial charge in [0.2, 0.25) is 5.89 Å². The van der Waals surface area contributed by atoms with E-state index in [1.165, 1.54) is 31.3 Å². The third-order valence-electron chi connectivity index (χ3n) is 10.3. The molecule has 254 valence electrons. The van der Waals surface area contributed by atoms with Crippen LogP contribution in [-0.4, -0.2) is 4.98 Å². The molecule has 54 heavy (non-hydrogen) atoms. The first-order valence-electron chi connectivity index (χ1n) is 18.0. The number of oxazole rings is 1. The van der Waals surface area contributed by atoms with E-state index in [9.17, 15) is 0 Å². The summed E-state index contributed by atoms with van der Waals surface area (Å²) in [4.78, 5) is 7.34. The van der Waals surface area contributed by atoms with Gasteiger partial charge in [-0.25, -0.2) is 4.98 Å². The van der Waals surface area contributed by atoms with Crippen molar-refractivity contribution < 1.29 is 8.83 Å². The van der Waals surface area contributed by atoms with Gasteiger partial charge in [0.05, 0.1) is 0 Å². The van der Waals surface area contributed by atoms with Crippen molar-refractivity contribution >= 4 is 81.6 Å². The predicted molar refractivity (Wildman–Crippen MR) is 225 cm³/mol. The SMILES string of the molecule is c1ccc(-c2cccc(N(c3ccc(-c4cccc5nc(-c6cccc7oc8ccccc8c67)oc45)cc3)c3ccc4sc5ccccc5c4c3)c2)cc1. The molecule has 3 heterocycles. The van der Waals surface area contributed by atoms with Crippen LogP contribution in [0.25, 0.3) is 86.9 Å². The van der Waals surface area contributed by atoms with Crippen molar-refractivity contribution in [2.75, 3.05) is 4.90 Å². The Labute approximate surface area is 314 Å². The smallest absolute Gasteiger partial charge is 0.228 e. The number of hydrogen-bond donors (Lipinski definition) is 0. The minimum absolute atomic E-state index is 0.576. The van der Waals surface area contributed by atoms with E-state index < -0.39 is 0 Å². The van der Waals surface area contributed by atoms with E-state index in [-0.39, 0.29) is 0 Å². The number of hydrogen-bond acceptors (Lipinski definition) is 5. The second-order valence-electron chi connectivity index (χ2n) is 13.5. The molecule has 0 unspecified atom stereocenters. The highest BCUT2D eigenvalue weighted by Crippen LogP contribution is 2.43. The molecule has 0 fully saturated rings. The number of nitrogens with zero attached hydrogens (tertiary/aromatic N) is 2. The zero-order valence-electron chi connectivity index (χ0n) is 28.9. The fraction of sp³-hybridized carbons (Fsp3) is 0. The zero-order valence-corrected chi connectivity index (χ0v) is 29.8. The largest absolute Gasteiger partial charge is 0.456 e. The van der Waals surface area contributed by atoms with E-state index in [0.717, 1.165) is 66.8 Å². The van der Waals surface area contributed by atoms with Gasteiger partial charge in [-0.15, -0.1) is 11.3 Å². The van der Waals surface area contributed by atoms with E-state index in [2.05, 4.69) is 144 Å². The molecule has 0 aliphatic carbocycles. The number of anilines is 3. The number of furan rings is 1. The third kappa shape index (κ3) is 5.01. The Morgan fingerprint density at radius 2 is 1.11 bits per heavy atom. The first kappa shape index (κ1) is 30.7. The van der Waals surface area contributed by atoms with Crippen molar-refractivity contribution in [2.24, 2.45) is 0 Å². The molecule has 0 aliphatic heterocycles. The van der Waals surface area contributed by atoms with E-state index in [1.54, 1.807) is 0 Å². The molecule has 0 saturated carbocycles. The van der Waals surface area contributed by atoms with Gasteiger partial charge in [0.15, 0.2) is 5.58 Å². The minimum atomic E-state index is 0.576. The van der Waals surface area contributed by atoms with Crippen LogP contribution >= 0.6 is 11.3 Å². The monoisotopic (exact) mass is 710 g/mol. The maximum absolute atomic E-state index is 6.64. The van der Waals surface area contributed by atoms with Gasteiger partial charge < -0.3 is 13.7 Å². The van der Waals surface area contributed by atoms with Gasteiger partial charge in [-0.2, -0.15) is 0 Å². The topological polar surface area (TPSA) is 42.4 Å². The van der Waals surface area contributed by atoms with Crippen molar-refractivity contribution in [3.8, 4) is 33.7 Å². The Morgan fingerprint density at radius 3 is 2.02 bits per heavy atom. The average Bonchev–Trinajstić information content (AvgIpc) is 3.95. The van der Waals surface area contributed by atoms with E-state index in [0.29, 0.717) is 5.89 Å². The van der Waals surface area contributed by atoms with Gasteiger partial charge >= 0.3 is 0 Å². The van der Waals surface area contributed by atoms with Crippen molar-refractivity contribution in [2.45, 2.75) is 0 Å². The number of aromatic nitrogens is 1. The summed E-state index contributed by atoms with van der Waals surface area (Å²) in [6.45, 7) is 0. The molecular formula is C49H30N2O2S. The van der Waals surface area contributed by atoms with Gasteiger partial charge in [-0.3, -0.25) is 0 Å². The van der Waals surface area contributed by atoms with Crippen molar-refractivity contribution in [3.63, 3.8) is 0 Å². The molecule has 0 N–H and O–H groups in total. The van der Waals surface area contributed by atoms with Gasteiger partial charge in [0.1, 0.15) is 16.7 Å². The van der Waals surface area contributed by atoms with Crippen LogP contribution in [0.1, 0.15) is 0 Å². The van der Waals surface area contributed by atoms with E-state index >= 15 is 0 Å². The summed E-state index contributed by atoms with van der Waals surface area (Å²) in [6, 6.07) is 63.9. The summed E-state index contributed by atoms with van der Waals surface area (Å²) < 4.78 is 15.4. The molecule has 4 nitrogen and oxygen atoms in total. The third-order valence-corrected chi connectivity index (χ3v) is 11.5. The minimum Gasteiger partial charge on any atom is -0.456 e. The first-order chi connectivity index (χ1) is 26.7. The van der Waals surface area contributed by atoms with Crippen LogP contribution in [0.15, 0.2) is 191 Å². The van der Waals surface area contributed by atoms with Crippen molar-refractivity contribution in [1.82, 2.24) is 4.98 Å². The van der Waals surface area contributed by atoms with Crippen molar-refractivity contribution in [1.29, 1.82) is 0 Å². The summed E-state index contributed by atoms with van der Waals surface area (Å²) in [6.07, 6.45) is 0. The molecule has 0 saturated heterocycles. The lowest BCUT2D eigenvalue weighted by atomic mass is 10.0. The highest BCUT2D eigenvalue weighted by atomic mass is 32.1. The molecule has 0 aliphatic rings. The molecule has 5 heteroatoms. The van der Waals surface area contributed by atoms with Crippen LogP contribution in [-0.2, 0) is 0 Å². The average molecular weight is 711 g/mol. The Hall–Kier alpha value is -6.95. The number of thiophene rings is 1. The molecule has 3 aromatic heterocycles. The zero-order chi connectivity index (χ0) is 35.6. The maximum atomic E-state index is 6.64. The number of fused-ring (bicyclic) bond motifs is 7. The second-order valence-corrected chi connectivity index (χ2v) is 14.6. The van der Waals surface area contributed by atoms with Gasteiger partial charge in [-0.1, -0.05) is 109 Å². The maximum Gasteiger partial charge on any atom is 0.228 e. The van der Waals surface area contributed by atoms with Gasteiger partial charge in [0.25, 0.3) is 0 Å². The molecule has 0 bridgehead atoms. The van der Waals surface area contributed by atoms with E-state index in [1.807, 2.05) is 53.8 Å². The Bertz CT molecular complexity index is 3170. The lowest BCUT2D eigenvalue weighted by molar-refractivity contribution is 0.621. The van der Waals surface area contributed by atoms with Gasteiger partial charge in [-0.05, 0) is 89.5 Å². The van der Waals surface area contributed by atoms with E-state index in [4.69, 9.17) is 13.8 Å². The Balaban J connectivity index is 1.03. The lowest BCUT2D eigenvalue weighted by Gasteiger charge is -2.26. The quantitative estimate of drug-likeness (QED) is 0.172. The summed E-state index contributed by atoms with van der Waals surface area (Å²) in [7, 11) is 0. The normalized spacial score (nSPS) is 11.7. The molecule has 0 spiro atoms. The Morgan fingerprint density at radius 1 is 0.426 bits per heavy atom. The molecule has 0 atom stereocenters. The predicted octanol–water partition coefficient (Wildman–Crippen LogP) is 14.6. The lowest BCUT2D eigenvalue weighted by Crippen LogP contribution is -2.10. The summed E-state index contributed by atoms with van der Waals surface area (Å²) in [5.74, 6) is 0.576. The van der Waals surface area contributed by atoms with Crippen LogP contribution < -0.4 is 4.90 Å². The molecule has 0 amide bonds. The molecule has 11 rings (SSSR count). The first-order valence-corrected chi connectivity index (χ1v) is 18.8. The van der Waals surface area contributed by atoms with Crippen LogP contribution in [0, 0.1) is 0 Å².